The fourth-order valence-corrected chi connectivity index (χ4v) is 16.3. The van der Waals surface area contributed by atoms with Crippen molar-refractivity contribution in [3.05, 3.63) is 151 Å². The molecule has 0 unspecified atom stereocenters. The first-order valence-electron chi connectivity index (χ1n) is 15.5. The predicted octanol–water partition coefficient (Wildman–Crippen LogP) is 11.5. The minimum absolute atomic E-state index is 0. The number of hydrogen-bond donors (Lipinski definition) is 0. The van der Waals surface area contributed by atoms with E-state index in [0.717, 1.165) is 6.42 Å². The average Bonchev–Trinajstić information content (AvgIpc) is 3.58. The first-order valence-corrected chi connectivity index (χ1v) is 19.3. The molecule has 0 radical (unpaired) electrons. The molecule has 0 N–H and O–H groups in total. The van der Waals surface area contributed by atoms with E-state index < -0.39 is 21.3 Å². The molecule has 0 nitrogen and oxygen atoms in total. The van der Waals surface area contributed by atoms with E-state index in [1.165, 1.54) is 44.5 Å². The number of hydrogen-bond acceptors (Lipinski definition) is 0. The molecule has 0 fully saturated rings. The Hall–Kier alpha value is -2.31. The molecule has 0 amide bonds. The first kappa shape index (κ1) is 34.6. The zero-order valence-electron chi connectivity index (χ0n) is 27.4. The Morgan fingerprint density at radius 3 is 1.48 bits per heavy atom. The minimum atomic E-state index is -2.69. The molecule has 3 heteroatoms. The van der Waals surface area contributed by atoms with E-state index in [4.69, 9.17) is 0 Å². The van der Waals surface area contributed by atoms with Crippen LogP contribution in [-0.2, 0) is 32.1 Å². The van der Waals surface area contributed by atoms with E-state index in [1.54, 1.807) is 17.6 Å². The summed E-state index contributed by atoms with van der Waals surface area (Å²) in [6, 6.07) is 33.2. The second kappa shape index (κ2) is 13.2. The Kier molecular flexibility index (Phi) is 10.4. The number of allylic oxidation sites excluding steroid dienone is 4. The normalized spacial score (nSPS) is 13.9. The van der Waals surface area contributed by atoms with Gasteiger partial charge in [0.2, 0.25) is 0 Å². The molecule has 4 aromatic carbocycles. The van der Waals surface area contributed by atoms with Crippen LogP contribution in [0.15, 0.2) is 106 Å². The van der Waals surface area contributed by atoms with E-state index >= 15 is 0 Å². The molecular formula is C41H46Cl2Zr. The number of halogens is 2. The molecule has 2 aliphatic carbocycles. The summed E-state index contributed by atoms with van der Waals surface area (Å²) in [6.07, 6.45) is 8.25. The van der Waals surface area contributed by atoms with Gasteiger partial charge in [0.15, 0.2) is 0 Å². The van der Waals surface area contributed by atoms with Gasteiger partial charge >= 0.3 is 263 Å². The molecule has 228 valence electrons. The molecule has 2 aliphatic rings. The van der Waals surface area contributed by atoms with Crippen LogP contribution in [0.4, 0.5) is 0 Å². The molecule has 6 rings (SSSR count). The van der Waals surface area contributed by atoms with Crippen molar-refractivity contribution in [1.82, 2.24) is 0 Å². The zero-order valence-corrected chi connectivity index (χ0v) is 31.5. The van der Waals surface area contributed by atoms with Crippen molar-refractivity contribution in [2.45, 2.75) is 76.3 Å². The quantitative estimate of drug-likeness (QED) is 0.199. The first-order chi connectivity index (χ1) is 19.9. The van der Waals surface area contributed by atoms with Gasteiger partial charge in [-0.2, -0.15) is 0 Å². The van der Waals surface area contributed by atoms with E-state index in [2.05, 4.69) is 159 Å². The van der Waals surface area contributed by atoms with Gasteiger partial charge in [-0.25, -0.2) is 0 Å². The van der Waals surface area contributed by atoms with Gasteiger partial charge in [-0.05, 0) is 0 Å². The summed E-state index contributed by atoms with van der Waals surface area (Å²) in [5, 5.41) is 0. The average molecular weight is 701 g/mol. The Morgan fingerprint density at radius 1 is 0.636 bits per heavy atom. The summed E-state index contributed by atoms with van der Waals surface area (Å²) in [5.41, 5.74) is 14.7. The summed E-state index contributed by atoms with van der Waals surface area (Å²) in [5.74, 6) is 0. The van der Waals surface area contributed by atoms with E-state index in [-0.39, 0.29) is 35.6 Å². The second-order valence-electron chi connectivity index (χ2n) is 14.3. The zero-order chi connectivity index (χ0) is 29.8. The van der Waals surface area contributed by atoms with Gasteiger partial charge < -0.3 is 0 Å². The van der Waals surface area contributed by atoms with Crippen LogP contribution in [0.2, 0.25) is 0 Å². The topological polar surface area (TPSA) is 0 Å². The maximum absolute atomic E-state index is 2.69. The molecule has 4 aromatic rings. The molecule has 0 aliphatic heterocycles. The van der Waals surface area contributed by atoms with Crippen molar-refractivity contribution in [2.24, 2.45) is 0 Å². The Bertz CT molecular complexity index is 1680. The van der Waals surface area contributed by atoms with Gasteiger partial charge in [0.1, 0.15) is 0 Å². The van der Waals surface area contributed by atoms with Crippen LogP contribution in [0.5, 0.6) is 0 Å². The third kappa shape index (κ3) is 6.36. The summed E-state index contributed by atoms with van der Waals surface area (Å²) in [6.45, 7) is 18.6. The van der Waals surface area contributed by atoms with Gasteiger partial charge in [-0.15, -0.1) is 24.8 Å². The van der Waals surface area contributed by atoms with Crippen molar-refractivity contribution < 1.29 is 21.3 Å². The maximum atomic E-state index is 2.53. The summed E-state index contributed by atoms with van der Waals surface area (Å²) in [7, 11) is 0. The molecule has 0 bridgehead atoms. The van der Waals surface area contributed by atoms with Crippen molar-refractivity contribution >= 4 is 28.0 Å². The van der Waals surface area contributed by atoms with Crippen LogP contribution in [0, 0.1) is 13.8 Å². The van der Waals surface area contributed by atoms with Crippen molar-refractivity contribution in [2.75, 3.05) is 0 Å². The standard InChI is InChI=1S/C21H25.C15H14.C5H5.2ClH.Zr/c1-20(2,3)16-9-7-14-11-15-8-10-17(21(4,5)6)13-19(15)18(14)12-16;1-12-7-3-5-9-14(12)11-15-10-6-4-8-13(15)2;1-2-4-5-3-1;;;/h7-13H,1-6H3;3-10H,1-2H3;1-3H,4H2;2*1H;. The minimum Gasteiger partial charge on any atom is -0.147 e. The molecule has 44 heavy (non-hydrogen) atoms. The van der Waals surface area contributed by atoms with Crippen LogP contribution in [-0.4, -0.2) is 3.21 Å². The van der Waals surface area contributed by atoms with Gasteiger partial charge in [0, 0.05) is 0 Å². The number of rotatable bonds is 4. The van der Waals surface area contributed by atoms with Crippen LogP contribution in [0.3, 0.4) is 0 Å². The molecular weight excluding hydrogens is 655 g/mol. The van der Waals surface area contributed by atoms with E-state index in [1.807, 2.05) is 0 Å². The predicted molar refractivity (Wildman–Crippen MR) is 193 cm³/mol. The third-order valence-corrected chi connectivity index (χ3v) is 17.5. The van der Waals surface area contributed by atoms with Crippen LogP contribution in [0.25, 0.3) is 11.1 Å². The van der Waals surface area contributed by atoms with Crippen LogP contribution in [0.1, 0.15) is 96.1 Å². The second-order valence-corrected chi connectivity index (χ2v) is 20.5. The van der Waals surface area contributed by atoms with Crippen molar-refractivity contribution in [3.63, 3.8) is 0 Å². The molecule has 0 saturated carbocycles. The van der Waals surface area contributed by atoms with Gasteiger partial charge in [-0.1, -0.05) is 0 Å². The summed E-state index contributed by atoms with van der Waals surface area (Å²) >= 11 is -2.69. The van der Waals surface area contributed by atoms with Gasteiger partial charge in [0.05, 0.1) is 0 Å². The third-order valence-electron chi connectivity index (χ3n) is 9.25. The van der Waals surface area contributed by atoms with Gasteiger partial charge in [-0.3, -0.25) is 0 Å². The number of benzene rings is 4. The smallest absolute Gasteiger partial charge is 0.147 e. The summed E-state index contributed by atoms with van der Waals surface area (Å²) < 4.78 is 3.77. The SMILES string of the molecule is Cc1ccccc1[C](c1ccccc1C)=[Zr]([C]1=CC=CC1)[CH]1c2ccc(C(C)(C)C)cc2-c2cc(C(C)(C)C)ccc21.Cl.Cl. The Labute approximate surface area is 285 Å². The van der Waals surface area contributed by atoms with Crippen molar-refractivity contribution in [1.29, 1.82) is 0 Å². The van der Waals surface area contributed by atoms with E-state index in [9.17, 15) is 0 Å². The largest absolute Gasteiger partial charge is 0.147 e. The Balaban J connectivity index is 0.00000221. The Morgan fingerprint density at radius 2 is 1.09 bits per heavy atom. The van der Waals surface area contributed by atoms with E-state index in [0.29, 0.717) is 3.63 Å². The monoisotopic (exact) mass is 698 g/mol. The molecule has 0 heterocycles. The van der Waals surface area contributed by atoms with Crippen LogP contribution >= 0.6 is 24.8 Å². The fraction of sp³-hybridized carbons (Fsp3) is 0.293. The molecule has 0 saturated heterocycles. The molecule has 0 aromatic heterocycles. The fourth-order valence-electron chi connectivity index (χ4n) is 6.77. The molecule has 0 spiro atoms. The van der Waals surface area contributed by atoms with Crippen LogP contribution < -0.4 is 0 Å². The maximum Gasteiger partial charge on any atom is -0.147 e. The molecule has 0 atom stereocenters. The number of aryl methyl sites for hydroxylation is 2. The summed E-state index contributed by atoms with van der Waals surface area (Å²) in [4.78, 5) is 0. The number of fused-ring (bicyclic) bond motifs is 3. The van der Waals surface area contributed by atoms with Gasteiger partial charge in [0.25, 0.3) is 0 Å². The van der Waals surface area contributed by atoms with Crippen molar-refractivity contribution in [3.8, 4) is 11.1 Å².